The summed E-state index contributed by atoms with van der Waals surface area (Å²) in [4.78, 5) is 16.2. The summed E-state index contributed by atoms with van der Waals surface area (Å²) in [5, 5.41) is 11.2. The van der Waals surface area contributed by atoms with Gasteiger partial charge in [-0.25, -0.2) is 9.89 Å². The van der Waals surface area contributed by atoms with Crippen LogP contribution in [0.2, 0.25) is 0 Å². The molecular weight excluding hydrogens is 338 g/mol. The summed E-state index contributed by atoms with van der Waals surface area (Å²) in [6.07, 6.45) is 2.95. The highest BCUT2D eigenvalue weighted by Gasteiger charge is 2.13. The second kappa shape index (κ2) is 8.15. The molecule has 0 amide bonds. The predicted molar refractivity (Wildman–Crippen MR) is 96.4 cm³/mol. The Morgan fingerprint density at radius 3 is 2.76 bits per heavy atom. The Hall–Kier alpha value is -2.35. The van der Waals surface area contributed by atoms with Crippen LogP contribution in [-0.2, 0) is 18.7 Å². The Labute approximate surface area is 149 Å². The maximum Gasteiger partial charge on any atom is 0.343 e. The Morgan fingerprint density at radius 1 is 1.24 bits per heavy atom. The van der Waals surface area contributed by atoms with Crippen LogP contribution in [0.4, 0.5) is 0 Å². The molecule has 3 rings (SSSR count). The first-order valence-corrected chi connectivity index (χ1v) is 9.39. The molecule has 0 atom stereocenters. The highest BCUT2D eigenvalue weighted by Crippen LogP contribution is 2.22. The molecule has 25 heavy (non-hydrogen) atoms. The van der Waals surface area contributed by atoms with Gasteiger partial charge in [-0.2, -0.15) is 4.98 Å². The lowest BCUT2D eigenvalue weighted by Gasteiger charge is -2.02. The van der Waals surface area contributed by atoms with Crippen LogP contribution in [0, 0.1) is 0 Å². The number of hydrogen-bond donors (Lipinski definition) is 1. The topological polar surface area (TPSA) is 89.6 Å². The van der Waals surface area contributed by atoms with Gasteiger partial charge in [0.15, 0.2) is 5.16 Å². The van der Waals surface area contributed by atoms with Crippen LogP contribution in [0.25, 0.3) is 11.4 Å². The number of unbranched alkanes of at least 4 members (excludes halogenated alkanes) is 1. The van der Waals surface area contributed by atoms with Gasteiger partial charge < -0.3 is 4.52 Å². The van der Waals surface area contributed by atoms with E-state index in [2.05, 4.69) is 46.3 Å². The first-order valence-electron chi connectivity index (χ1n) is 8.41. The predicted octanol–water partition coefficient (Wildman–Crippen LogP) is 3.28. The third-order valence-corrected chi connectivity index (χ3v) is 4.83. The number of nitrogens with one attached hydrogen (secondary N) is 1. The van der Waals surface area contributed by atoms with E-state index < -0.39 is 0 Å². The van der Waals surface area contributed by atoms with Crippen LogP contribution < -0.4 is 5.69 Å². The molecule has 132 valence electrons. The van der Waals surface area contributed by atoms with Crippen molar-refractivity contribution >= 4 is 11.8 Å². The molecule has 0 aliphatic rings. The molecule has 0 saturated heterocycles. The maximum absolute atomic E-state index is 11.8. The monoisotopic (exact) mass is 359 g/mol. The summed E-state index contributed by atoms with van der Waals surface area (Å²) in [5.74, 6) is 1.55. The van der Waals surface area contributed by atoms with E-state index >= 15 is 0 Å². The molecule has 0 radical (unpaired) electrons. The Kier molecular flexibility index (Phi) is 5.70. The van der Waals surface area contributed by atoms with Crippen molar-refractivity contribution in [1.29, 1.82) is 0 Å². The molecule has 0 saturated carbocycles. The molecule has 3 aromatic rings. The van der Waals surface area contributed by atoms with Crippen LogP contribution in [0.3, 0.4) is 0 Å². The highest BCUT2D eigenvalue weighted by molar-refractivity contribution is 7.98. The van der Waals surface area contributed by atoms with Crippen molar-refractivity contribution in [3.8, 4) is 11.4 Å². The van der Waals surface area contributed by atoms with E-state index in [-0.39, 0.29) is 5.69 Å². The van der Waals surface area contributed by atoms with Crippen molar-refractivity contribution in [3.63, 3.8) is 0 Å². The summed E-state index contributed by atoms with van der Waals surface area (Å²) in [7, 11) is 0. The molecule has 8 heteroatoms. The lowest BCUT2D eigenvalue weighted by molar-refractivity contribution is 0.391. The van der Waals surface area contributed by atoms with Gasteiger partial charge in [-0.1, -0.05) is 61.5 Å². The van der Waals surface area contributed by atoms with Crippen LogP contribution in [0.1, 0.15) is 38.1 Å². The molecule has 0 aliphatic carbocycles. The van der Waals surface area contributed by atoms with Crippen molar-refractivity contribution in [2.45, 2.75) is 50.6 Å². The average Bonchev–Trinajstić information content (AvgIpc) is 3.25. The van der Waals surface area contributed by atoms with Gasteiger partial charge in [-0.15, -0.1) is 5.10 Å². The van der Waals surface area contributed by atoms with Gasteiger partial charge in [0.05, 0.1) is 5.75 Å². The number of benzene rings is 1. The Morgan fingerprint density at radius 2 is 2.04 bits per heavy atom. The van der Waals surface area contributed by atoms with E-state index in [9.17, 15) is 4.79 Å². The molecular formula is C17H21N5O2S. The minimum Gasteiger partial charge on any atom is -0.338 e. The van der Waals surface area contributed by atoms with Crippen molar-refractivity contribution in [1.82, 2.24) is 24.9 Å². The second-order valence-corrected chi connectivity index (χ2v) is 6.61. The number of aromatic nitrogens is 5. The summed E-state index contributed by atoms with van der Waals surface area (Å²) in [6, 6.07) is 8.12. The van der Waals surface area contributed by atoms with Gasteiger partial charge >= 0.3 is 5.69 Å². The van der Waals surface area contributed by atoms with Gasteiger partial charge in [-0.05, 0) is 18.4 Å². The number of aryl methyl sites for hydroxylation is 1. The van der Waals surface area contributed by atoms with Crippen LogP contribution in [0.5, 0.6) is 0 Å². The zero-order chi connectivity index (χ0) is 17.6. The lowest BCUT2D eigenvalue weighted by atomic mass is 10.1. The zero-order valence-corrected chi connectivity index (χ0v) is 15.2. The molecule has 0 unspecified atom stereocenters. The number of aromatic amines is 1. The minimum atomic E-state index is -0.182. The summed E-state index contributed by atoms with van der Waals surface area (Å²) < 4.78 is 6.97. The molecule has 0 aliphatic heterocycles. The Balaban J connectivity index is 1.67. The minimum absolute atomic E-state index is 0.182. The fourth-order valence-electron chi connectivity index (χ4n) is 2.37. The molecule has 2 heterocycles. The smallest absolute Gasteiger partial charge is 0.338 e. The highest BCUT2D eigenvalue weighted by atomic mass is 32.2. The molecule has 0 fully saturated rings. The molecule has 2 aromatic heterocycles. The molecule has 1 N–H and O–H groups in total. The van der Waals surface area contributed by atoms with Gasteiger partial charge in [0.25, 0.3) is 0 Å². The van der Waals surface area contributed by atoms with E-state index in [1.165, 1.54) is 17.3 Å². The first-order chi connectivity index (χ1) is 12.2. The second-order valence-electron chi connectivity index (χ2n) is 5.67. The Bertz CT molecular complexity index is 866. The summed E-state index contributed by atoms with van der Waals surface area (Å²) in [5.41, 5.74) is 2.02. The normalized spacial score (nSPS) is 11.1. The third-order valence-electron chi connectivity index (χ3n) is 3.87. The quantitative estimate of drug-likeness (QED) is 0.621. The standard InChI is InChI=1S/C17H21N5O2S/c1-3-5-10-22-16(23)19-20-17(22)25-11-14-18-15(21-24-14)13-8-6-12(4-2)7-9-13/h6-9H,3-5,10-11H2,1-2H3,(H,19,23). The lowest BCUT2D eigenvalue weighted by Crippen LogP contribution is -2.17. The molecule has 1 aromatic carbocycles. The number of H-pyrrole nitrogens is 1. The zero-order valence-electron chi connectivity index (χ0n) is 14.4. The van der Waals surface area contributed by atoms with Gasteiger partial charge in [-0.3, -0.25) is 4.57 Å². The van der Waals surface area contributed by atoms with E-state index in [1.807, 2.05) is 12.1 Å². The molecule has 7 nitrogen and oxygen atoms in total. The fraction of sp³-hybridized carbons (Fsp3) is 0.412. The molecule has 0 bridgehead atoms. The fourth-order valence-corrected chi connectivity index (χ4v) is 3.18. The maximum atomic E-state index is 11.8. The molecule has 0 spiro atoms. The van der Waals surface area contributed by atoms with Gasteiger partial charge in [0, 0.05) is 12.1 Å². The average molecular weight is 359 g/mol. The van der Waals surface area contributed by atoms with E-state index in [0.717, 1.165) is 24.8 Å². The van der Waals surface area contributed by atoms with Crippen molar-refractivity contribution < 1.29 is 4.52 Å². The summed E-state index contributed by atoms with van der Waals surface area (Å²) in [6.45, 7) is 4.87. The van der Waals surface area contributed by atoms with Crippen LogP contribution in [-0.4, -0.2) is 24.9 Å². The van der Waals surface area contributed by atoms with Crippen molar-refractivity contribution in [3.05, 3.63) is 46.2 Å². The van der Waals surface area contributed by atoms with Crippen molar-refractivity contribution in [2.75, 3.05) is 0 Å². The van der Waals surface area contributed by atoms with E-state index in [1.54, 1.807) is 4.57 Å². The first kappa shape index (κ1) is 17.5. The number of thioether (sulfide) groups is 1. The number of rotatable bonds is 8. The number of nitrogens with zero attached hydrogens (tertiary/aromatic N) is 4. The van der Waals surface area contributed by atoms with Gasteiger partial charge in [0.2, 0.25) is 11.7 Å². The summed E-state index contributed by atoms with van der Waals surface area (Å²) >= 11 is 1.41. The third kappa shape index (κ3) is 4.19. The SMILES string of the molecule is CCCCn1c(SCc2nc(-c3ccc(CC)cc3)no2)n[nH]c1=O. The van der Waals surface area contributed by atoms with E-state index in [4.69, 9.17) is 4.52 Å². The van der Waals surface area contributed by atoms with Crippen LogP contribution in [0.15, 0.2) is 38.7 Å². The largest absolute Gasteiger partial charge is 0.343 e. The van der Waals surface area contributed by atoms with Crippen LogP contribution >= 0.6 is 11.8 Å². The van der Waals surface area contributed by atoms with Crippen molar-refractivity contribution in [2.24, 2.45) is 0 Å². The van der Waals surface area contributed by atoms with E-state index in [0.29, 0.717) is 29.2 Å². The van der Waals surface area contributed by atoms with Gasteiger partial charge in [0.1, 0.15) is 0 Å². The number of hydrogen-bond acceptors (Lipinski definition) is 6.